The van der Waals surface area contributed by atoms with Crippen LogP contribution in [0.15, 0.2) is 30.3 Å². The predicted molar refractivity (Wildman–Crippen MR) is 188 cm³/mol. The fourth-order valence-corrected chi connectivity index (χ4v) is 9.40. The number of hydrogen-bond donors (Lipinski definition) is 0. The zero-order valence-corrected chi connectivity index (χ0v) is 29.7. The number of benzene rings is 1. The minimum atomic E-state index is -1.55. The molecule has 0 aliphatic rings. The molecule has 0 aliphatic carbocycles. The molecule has 0 unspecified atom stereocenters. The maximum Gasteiger partial charge on any atom is 0.163 e. The highest BCUT2D eigenvalue weighted by atomic mass is 31.1. The van der Waals surface area contributed by atoms with Gasteiger partial charge in [0.1, 0.15) is 0 Å². The molecule has 0 saturated carbocycles. The maximum absolute atomic E-state index is 13.6. The molecule has 0 heterocycles. The van der Waals surface area contributed by atoms with Crippen molar-refractivity contribution in [3.63, 3.8) is 0 Å². The van der Waals surface area contributed by atoms with E-state index in [-0.39, 0.29) is 22.1 Å². The van der Waals surface area contributed by atoms with E-state index in [1.165, 1.54) is 0 Å². The Bertz CT molecular complexity index is 806. The van der Waals surface area contributed by atoms with E-state index in [0.29, 0.717) is 38.3 Å². The zero-order valence-electron chi connectivity index (χ0n) is 27.9. The number of rotatable bonds is 29. The smallest absolute Gasteiger partial charge is 0.163 e. The monoisotopic (exact) mass is 633 g/mol. The van der Waals surface area contributed by atoms with Gasteiger partial charge in [0.2, 0.25) is 0 Å². The van der Waals surface area contributed by atoms with Crippen molar-refractivity contribution in [2.45, 2.75) is 156 Å². The molecule has 0 radical (unpaired) electrons. The van der Waals surface area contributed by atoms with E-state index < -0.39 is 15.8 Å². The molecule has 0 fully saturated rings. The normalized spacial score (nSPS) is 11.3. The predicted octanol–water partition coefficient (Wildman–Crippen LogP) is 11.4. The minimum absolute atomic E-state index is 0.0774. The zero-order chi connectivity index (χ0) is 31.7. The average molecular weight is 634 g/mol. The molecule has 0 atom stereocenters. The first-order valence-corrected chi connectivity index (χ1v) is 20.4. The Labute approximate surface area is 266 Å². The van der Waals surface area contributed by atoms with Crippen molar-refractivity contribution >= 4 is 43.6 Å². The largest absolute Gasteiger partial charge is 0.362 e. The second kappa shape index (κ2) is 25.8. The van der Waals surface area contributed by atoms with Gasteiger partial charge in [0.15, 0.2) is 22.1 Å². The standard InChI is InChI=1S/C36H61NO4P2/c1-5-9-13-20-26-33(38)42(34(39)27-21-14-10-6-2)30-37(32-24-18-17-19-25-32)31-43(35(40)28-22-15-11-7-3)36(41)29-23-16-12-8-4/h17-19,24-25H,5-16,20-23,26-31H2,1-4H3. The number of nitrogens with zero attached hydrogens (tertiary/aromatic N) is 1. The SMILES string of the molecule is CCCCCCC(=O)P(CN(CP(C(=O)CCCCCC)C(=O)CCCCCC)c1ccccc1)C(=O)CCCCCC. The third-order valence-electron chi connectivity index (χ3n) is 7.93. The molecule has 0 aliphatic heterocycles. The van der Waals surface area contributed by atoms with Crippen molar-refractivity contribution in [3.05, 3.63) is 30.3 Å². The Balaban J connectivity index is 3.26. The average Bonchev–Trinajstić information content (AvgIpc) is 3.02. The lowest BCUT2D eigenvalue weighted by molar-refractivity contribution is -0.115. The first-order valence-electron chi connectivity index (χ1n) is 17.4. The highest BCUT2D eigenvalue weighted by Gasteiger charge is 2.32. The number of carbonyl (C=O) groups excluding carboxylic acids is 4. The Morgan fingerprint density at radius 1 is 0.465 bits per heavy atom. The van der Waals surface area contributed by atoms with E-state index in [1.807, 2.05) is 30.3 Å². The van der Waals surface area contributed by atoms with Crippen LogP contribution >= 0.6 is 15.8 Å². The molecule has 0 aromatic heterocycles. The Hall–Kier alpha value is -1.44. The van der Waals surface area contributed by atoms with E-state index >= 15 is 0 Å². The number of para-hydroxylation sites is 1. The van der Waals surface area contributed by atoms with Gasteiger partial charge in [0.05, 0.1) is 28.4 Å². The molecule has 1 rings (SSSR count). The summed E-state index contributed by atoms with van der Waals surface area (Å²) in [5.74, 6) is 0. The Morgan fingerprint density at radius 3 is 1.05 bits per heavy atom. The molecular weight excluding hydrogens is 572 g/mol. The van der Waals surface area contributed by atoms with Gasteiger partial charge in [-0.25, -0.2) is 0 Å². The van der Waals surface area contributed by atoms with E-state index in [4.69, 9.17) is 0 Å². The molecule has 0 bridgehead atoms. The number of hydrogen-bond acceptors (Lipinski definition) is 5. The fourth-order valence-electron chi connectivity index (χ4n) is 5.13. The van der Waals surface area contributed by atoms with Gasteiger partial charge in [0, 0.05) is 31.4 Å². The van der Waals surface area contributed by atoms with Gasteiger partial charge < -0.3 is 4.90 Å². The lowest BCUT2D eigenvalue weighted by Gasteiger charge is -2.31. The summed E-state index contributed by atoms with van der Waals surface area (Å²) in [5.41, 5.74) is 1.20. The summed E-state index contributed by atoms with van der Waals surface area (Å²) in [6.07, 6.45) is 18.4. The van der Waals surface area contributed by atoms with Crippen LogP contribution in [-0.4, -0.2) is 34.7 Å². The van der Waals surface area contributed by atoms with Crippen LogP contribution in [0.4, 0.5) is 5.69 Å². The Kier molecular flexibility index (Phi) is 23.8. The van der Waals surface area contributed by atoms with Crippen molar-refractivity contribution in [3.8, 4) is 0 Å². The van der Waals surface area contributed by atoms with E-state index in [2.05, 4.69) is 32.6 Å². The van der Waals surface area contributed by atoms with Gasteiger partial charge in [-0.1, -0.05) is 123 Å². The molecule has 0 spiro atoms. The third kappa shape index (κ3) is 17.6. The van der Waals surface area contributed by atoms with E-state index in [1.54, 1.807) is 0 Å². The number of unbranched alkanes of at least 4 members (excludes halogenated alkanes) is 12. The topological polar surface area (TPSA) is 71.5 Å². The van der Waals surface area contributed by atoms with Crippen LogP contribution in [0.25, 0.3) is 0 Å². The first-order chi connectivity index (χ1) is 20.9. The highest BCUT2D eigenvalue weighted by Crippen LogP contribution is 2.48. The first kappa shape index (κ1) is 39.6. The summed E-state index contributed by atoms with van der Waals surface area (Å²) < 4.78 is 0. The van der Waals surface area contributed by atoms with Crippen LogP contribution in [0.3, 0.4) is 0 Å². The van der Waals surface area contributed by atoms with Crippen molar-refractivity contribution in [1.82, 2.24) is 0 Å². The molecule has 0 saturated heterocycles. The molecule has 5 nitrogen and oxygen atoms in total. The lowest BCUT2D eigenvalue weighted by atomic mass is 10.2. The van der Waals surface area contributed by atoms with Crippen LogP contribution < -0.4 is 4.90 Å². The van der Waals surface area contributed by atoms with Crippen molar-refractivity contribution < 1.29 is 19.2 Å². The fraction of sp³-hybridized carbons (Fsp3) is 0.722. The summed E-state index contributed by atoms with van der Waals surface area (Å²) in [7, 11) is -3.11. The van der Waals surface area contributed by atoms with Crippen LogP contribution in [-0.2, 0) is 19.2 Å². The van der Waals surface area contributed by atoms with Gasteiger partial charge in [-0.15, -0.1) is 0 Å². The second-order valence-corrected chi connectivity index (χ2v) is 16.1. The van der Waals surface area contributed by atoms with Crippen LogP contribution in [0, 0.1) is 0 Å². The third-order valence-corrected chi connectivity index (χ3v) is 12.5. The molecular formula is C36H61NO4P2. The van der Waals surface area contributed by atoms with Gasteiger partial charge in [-0.05, 0) is 37.8 Å². The summed E-state index contributed by atoms with van der Waals surface area (Å²) in [5, 5.41) is 0. The molecule has 244 valence electrons. The van der Waals surface area contributed by atoms with E-state index in [9.17, 15) is 19.2 Å². The molecule has 7 heteroatoms. The van der Waals surface area contributed by atoms with Gasteiger partial charge in [-0.3, -0.25) is 19.2 Å². The molecule has 1 aromatic carbocycles. The number of anilines is 1. The minimum Gasteiger partial charge on any atom is -0.362 e. The molecule has 0 N–H and O–H groups in total. The summed E-state index contributed by atoms with van der Waals surface area (Å²) in [6, 6.07) is 9.81. The highest BCUT2D eigenvalue weighted by molar-refractivity contribution is 7.90. The summed E-state index contributed by atoms with van der Waals surface area (Å²) >= 11 is 0. The van der Waals surface area contributed by atoms with Crippen molar-refractivity contribution in [1.29, 1.82) is 0 Å². The Morgan fingerprint density at radius 2 is 0.767 bits per heavy atom. The summed E-state index contributed by atoms with van der Waals surface area (Å²) in [6.45, 7) is 8.61. The van der Waals surface area contributed by atoms with Crippen molar-refractivity contribution in [2.24, 2.45) is 0 Å². The van der Waals surface area contributed by atoms with Crippen LogP contribution in [0.1, 0.15) is 156 Å². The second-order valence-electron chi connectivity index (χ2n) is 11.8. The lowest BCUT2D eigenvalue weighted by Crippen LogP contribution is -2.29. The number of carbonyl (C=O) groups is 4. The van der Waals surface area contributed by atoms with Gasteiger partial charge in [-0.2, -0.15) is 0 Å². The van der Waals surface area contributed by atoms with Crippen LogP contribution in [0.5, 0.6) is 0 Å². The summed E-state index contributed by atoms with van der Waals surface area (Å²) in [4.78, 5) is 56.5. The van der Waals surface area contributed by atoms with Gasteiger partial charge in [0.25, 0.3) is 0 Å². The molecule has 0 amide bonds. The molecule has 1 aromatic rings. The maximum atomic E-state index is 13.6. The van der Waals surface area contributed by atoms with E-state index in [0.717, 1.165) is 108 Å². The molecule has 43 heavy (non-hydrogen) atoms. The van der Waals surface area contributed by atoms with Crippen LogP contribution in [0.2, 0.25) is 0 Å². The van der Waals surface area contributed by atoms with Gasteiger partial charge >= 0.3 is 0 Å². The quantitative estimate of drug-likeness (QED) is 0.0648. The van der Waals surface area contributed by atoms with Crippen molar-refractivity contribution in [2.75, 3.05) is 17.5 Å².